The summed E-state index contributed by atoms with van der Waals surface area (Å²) in [5.41, 5.74) is 2.21. The highest BCUT2D eigenvalue weighted by Gasteiger charge is 2.32. The van der Waals surface area contributed by atoms with Crippen molar-refractivity contribution >= 4 is 11.6 Å². The van der Waals surface area contributed by atoms with Gasteiger partial charge < -0.3 is 10.6 Å². The number of nitrogens with two attached hydrogens (primary N) is 1. The maximum atomic E-state index is 12.7. The average molecular weight is 332 g/mol. The van der Waals surface area contributed by atoms with E-state index in [-0.39, 0.29) is 11.9 Å². The normalized spacial score (nSPS) is 26.6. The molecule has 2 rings (SSSR count). The molecule has 0 aliphatic heterocycles. The molecule has 24 heavy (non-hydrogen) atoms. The summed E-state index contributed by atoms with van der Waals surface area (Å²) in [6, 6.07) is 8.73. The van der Waals surface area contributed by atoms with Crippen molar-refractivity contribution < 1.29 is 10.1 Å². The molecule has 0 bridgehead atoms. The Hall–Kier alpha value is -1.35. The lowest BCUT2D eigenvalue weighted by Gasteiger charge is -2.33. The van der Waals surface area contributed by atoms with Gasteiger partial charge in [0.05, 0.1) is 6.04 Å². The van der Waals surface area contributed by atoms with Gasteiger partial charge in [0.25, 0.3) is 5.91 Å². The van der Waals surface area contributed by atoms with Crippen LogP contribution in [0.5, 0.6) is 0 Å². The Morgan fingerprint density at radius 1 is 1.25 bits per heavy atom. The molecule has 1 saturated carbocycles. The van der Waals surface area contributed by atoms with Crippen LogP contribution in [-0.4, -0.2) is 18.0 Å². The van der Waals surface area contributed by atoms with E-state index in [4.69, 9.17) is 0 Å². The van der Waals surface area contributed by atoms with Gasteiger partial charge in [0, 0.05) is 11.6 Å². The maximum Gasteiger partial charge on any atom is 0.282 e. The van der Waals surface area contributed by atoms with E-state index < -0.39 is 0 Å². The minimum Gasteiger partial charge on any atom is -0.334 e. The molecule has 1 aromatic carbocycles. The molecule has 0 saturated heterocycles. The predicted octanol–water partition coefficient (Wildman–Crippen LogP) is 3.92. The molecule has 0 heterocycles. The highest BCUT2D eigenvalue weighted by Crippen LogP contribution is 2.28. The van der Waals surface area contributed by atoms with Crippen molar-refractivity contribution in [1.29, 1.82) is 0 Å². The van der Waals surface area contributed by atoms with Crippen LogP contribution in [0.3, 0.4) is 0 Å². The summed E-state index contributed by atoms with van der Waals surface area (Å²) >= 11 is 0. The fourth-order valence-corrected chi connectivity index (χ4v) is 3.86. The first kappa shape index (κ1) is 19.0. The van der Waals surface area contributed by atoms with Crippen molar-refractivity contribution in [2.24, 2.45) is 11.8 Å². The van der Waals surface area contributed by atoms with Gasteiger partial charge in [-0.15, -0.1) is 0 Å². The molecular weight excluding hydrogens is 296 g/mol. The predicted molar refractivity (Wildman–Crippen MR) is 101 cm³/mol. The Labute approximate surface area is 147 Å². The van der Waals surface area contributed by atoms with Crippen LogP contribution in [0.2, 0.25) is 0 Å². The van der Waals surface area contributed by atoms with E-state index in [1.807, 2.05) is 19.1 Å². The first-order valence-corrected chi connectivity index (χ1v) is 9.68. The monoisotopic (exact) mass is 331 g/mol. The Morgan fingerprint density at radius 3 is 2.67 bits per heavy atom. The second-order valence-electron chi connectivity index (χ2n) is 7.80. The van der Waals surface area contributed by atoms with Crippen LogP contribution in [0, 0.1) is 11.8 Å². The number of nitrogens with one attached hydrogen (secondary N) is 1. The van der Waals surface area contributed by atoms with Crippen LogP contribution in [0.25, 0.3) is 0 Å². The van der Waals surface area contributed by atoms with Crippen molar-refractivity contribution in [2.45, 2.75) is 78.3 Å². The van der Waals surface area contributed by atoms with E-state index in [0.29, 0.717) is 17.9 Å². The van der Waals surface area contributed by atoms with Crippen molar-refractivity contribution in [3.05, 3.63) is 29.8 Å². The maximum absolute atomic E-state index is 12.7. The smallest absolute Gasteiger partial charge is 0.282 e. The fraction of sp³-hybridized carbons (Fsp3) is 0.667. The summed E-state index contributed by atoms with van der Waals surface area (Å²) in [6.45, 7) is 11.1. The van der Waals surface area contributed by atoms with E-state index in [2.05, 4.69) is 50.5 Å². The Kier molecular flexibility index (Phi) is 6.85. The molecule has 3 heteroatoms. The fourth-order valence-electron chi connectivity index (χ4n) is 3.86. The average Bonchev–Trinajstić information content (AvgIpc) is 2.58. The number of benzene rings is 1. The lowest BCUT2D eigenvalue weighted by Crippen LogP contribution is -2.97. The van der Waals surface area contributed by atoms with Crippen LogP contribution < -0.4 is 10.6 Å². The number of anilines is 1. The Bertz CT molecular complexity index is 542. The molecule has 1 fully saturated rings. The SMILES string of the molecule is CC[C@@H](C)c1ccccc1NC(=O)[C@H](C)[NH2+][C@@H]1CCC[C@H](C)[C@@H]1C. The number of hydrogen-bond acceptors (Lipinski definition) is 1. The third kappa shape index (κ3) is 4.60. The lowest BCUT2D eigenvalue weighted by molar-refractivity contribution is -0.715. The van der Waals surface area contributed by atoms with E-state index in [9.17, 15) is 4.79 Å². The topological polar surface area (TPSA) is 45.7 Å². The van der Waals surface area contributed by atoms with E-state index in [1.54, 1.807) is 0 Å². The van der Waals surface area contributed by atoms with Gasteiger partial charge in [-0.2, -0.15) is 0 Å². The molecule has 1 aromatic rings. The summed E-state index contributed by atoms with van der Waals surface area (Å²) in [7, 11) is 0. The number of amides is 1. The quantitative estimate of drug-likeness (QED) is 0.815. The van der Waals surface area contributed by atoms with E-state index in [0.717, 1.165) is 18.0 Å². The molecule has 3 N–H and O–H groups in total. The molecule has 0 spiro atoms. The Morgan fingerprint density at radius 2 is 1.96 bits per heavy atom. The zero-order valence-electron chi connectivity index (χ0n) is 16.0. The van der Waals surface area contributed by atoms with Gasteiger partial charge in [-0.25, -0.2) is 0 Å². The summed E-state index contributed by atoms with van der Waals surface area (Å²) in [6.07, 6.45) is 4.92. The zero-order chi connectivity index (χ0) is 17.7. The summed E-state index contributed by atoms with van der Waals surface area (Å²) in [5.74, 6) is 2.03. The van der Waals surface area contributed by atoms with Gasteiger partial charge in [0.1, 0.15) is 0 Å². The van der Waals surface area contributed by atoms with Gasteiger partial charge in [0.2, 0.25) is 0 Å². The van der Waals surface area contributed by atoms with Gasteiger partial charge in [-0.1, -0.05) is 45.9 Å². The molecule has 1 amide bonds. The first-order chi connectivity index (χ1) is 11.4. The summed E-state index contributed by atoms with van der Waals surface area (Å²) < 4.78 is 0. The number of carbonyl (C=O) groups is 1. The van der Waals surface area contributed by atoms with Crippen LogP contribution in [0.15, 0.2) is 24.3 Å². The summed E-state index contributed by atoms with van der Waals surface area (Å²) in [5, 5.41) is 5.46. The van der Waals surface area contributed by atoms with Crippen molar-refractivity contribution in [3.63, 3.8) is 0 Å². The third-order valence-corrected chi connectivity index (χ3v) is 6.08. The highest BCUT2D eigenvalue weighted by atomic mass is 16.2. The standard InChI is InChI=1S/C21H34N2O/c1-6-14(2)18-11-7-8-12-20(18)23-21(24)17(5)22-19-13-9-10-15(3)16(19)4/h7-8,11-12,14-17,19,22H,6,9-10,13H2,1-5H3,(H,23,24)/p+1/t14-,15+,16+,17+,19-/m1/s1. The molecule has 134 valence electrons. The molecule has 0 unspecified atom stereocenters. The van der Waals surface area contributed by atoms with Crippen LogP contribution >= 0.6 is 0 Å². The zero-order valence-corrected chi connectivity index (χ0v) is 16.0. The molecular formula is C21H35N2O+. The minimum absolute atomic E-state index is 0.0484. The van der Waals surface area contributed by atoms with E-state index in [1.165, 1.54) is 24.8 Å². The molecule has 1 aliphatic rings. The van der Waals surface area contributed by atoms with Gasteiger partial charge in [0.15, 0.2) is 6.04 Å². The van der Waals surface area contributed by atoms with Crippen molar-refractivity contribution in [3.8, 4) is 0 Å². The van der Waals surface area contributed by atoms with Gasteiger partial charge in [-0.05, 0) is 56.1 Å². The minimum atomic E-state index is -0.0484. The number of hydrogen-bond donors (Lipinski definition) is 2. The largest absolute Gasteiger partial charge is 0.334 e. The van der Waals surface area contributed by atoms with Gasteiger partial charge >= 0.3 is 0 Å². The van der Waals surface area contributed by atoms with E-state index >= 15 is 0 Å². The first-order valence-electron chi connectivity index (χ1n) is 9.68. The number of para-hydroxylation sites is 1. The highest BCUT2D eigenvalue weighted by molar-refractivity contribution is 5.94. The lowest BCUT2D eigenvalue weighted by atomic mass is 9.78. The summed E-state index contributed by atoms with van der Waals surface area (Å²) in [4.78, 5) is 12.7. The number of quaternary nitrogens is 1. The molecule has 1 aliphatic carbocycles. The third-order valence-electron chi connectivity index (χ3n) is 6.08. The van der Waals surface area contributed by atoms with Crippen molar-refractivity contribution in [2.75, 3.05) is 5.32 Å². The van der Waals surface area contributed by atoms with Crippen LogP contribution in [0.1, 0.15) is 71.8 Å². The second kappa shape index (κ2) is 8.66. The molecule has 5 atom stereocenters. The van der Waals surface area contributed by atoms with Crippen LogP contribution in [-0.2, 0) is 4.79 Å². The molecule has 0 radical (unpaired) electrons. The number of carbonyl (C=O) groups excluding carboxylic acids is 1. The second-order valence-corrected chi connectivity index (χ2v) is 7.80. The van der Waals surface area contributed by atoms with Crippen LogP contribution in [0.4, 0.5) is 5.69 Å². The Balaban J connectivity index is 1.99. The molecule has 3 nitrogen and oxygen atoms in total. The van der Waals surface area contributed by atoms with Crippen molar-refractivity contribution in [1.82, 2.24) is 0 Å². The van der Waals surface area contributed by atoms with Gasteiger partial charge in [-0.3, -0.25) is 4.79 Å². The number of rotatable bonds is 6. The molecule has 0 aromatic heterocycles.